The molecule has 28 heavy (non-hydrogen) atoms. The van der Waals surface area contributed by atoms with Gasteiger partial charge in [-0.2, -0.15) is 0 Å². The lowest BCUT2D eigenvalue weighted by atomic mass is 9.64. The molecular formula is C22H22Cl2N2O2. The summed E-state index contributed by atoms with van der Waals surface area (Å²) < 4.78 is 0. The monoisotopic (exact) mass is 416 g/mol. The second-order valence-corrected chi connectivity index (χ2v) is 8.58. The number of nitrogens with one attached hydrogen (secondary N) is 1. The van der Waals surface area contributed by atoms with Gasteiger partial charge in [-0.25, -0.2) is 0 Å². The van der Waals surface area contributed by atoms with Gasteiger partial charge < -0.3 is 10.2 Å². The zero-order valence-electron chi connectivity index (χ0n) is 15.7. The van der Waals surface area contributed by atoms with Gasteiger partial charge in [-0.3, -0.25) is 9.59 Å². The SMILES string of the molecule is CC(=O)N1CCC(C2(Cc3cccc(Cl)c3)C(=O)Nc3cc(Cl)ccc32)CC1. The van der Waals surface area contributed by atoms with Crippen molar-refractivity contribution in [1.82, 2.24) is 4.90 Å². The lowest BCUT2D eigenvalue weighted by molar-refractivity contribution is -0.131. The van der Waals surface area contributed by atoms with E-state index in [0.29, 0.717) is 29.6 Å². The number of hydrogen-bond acceptors (Lipinski definition) is 2. The van der Waals surface area contributed by atoms with Crippen LogP contribution >= 0.6 is 23.2 Å². The number of carbonyl (C=O) groups is 2. The number of fused-ring (bicyclic) bond motifs is 1. The van der Waals surface area contributed by atoms with Gasteiger partial charge in [-0.15, -0.1) is 0 Å². The van der Waals surface area contributed by atoms with Crippen LogP contribution in [0.25, 0.3) is 0 Å². The Morgan fingerprint density at radius 2 is 1.86 bits per heavy atom. The number of likely N-dealkylation sites (tertiary alicyclic amines) is 1. The average molecular weight is 417 g/mol. The number of carbonyl (C=O) groups excluding carboxylic acids is 2. The molecule has 0 bridgehead atoms. The van der Waals surface area contributed by atoms with E-state index < -0.39 is 5.41 Å². The maximum atomic E-state index is 13.4. The zero-order valence-corrected chi connectivity index (χ0v) is 17.2. The molecule has 2 aromatic rings. The van der Waals surface area contributed by atoms with Crippen LogP contribution in [0, 0.1) is 5.92 Å². The molecule has 2 aliphatic rings. The molecule has 1 saturated heterocycles. The minimum absolute atomic E-state index is 0.00557. The molecule has 1 unspecified atom stereocenters. The summed E-state index contributed by atoms with van der Waals surface area (Å²) in [4.78, 5) is 27.0. The fourth-order valence-electron chi connectivity index (χ4n) is 4.75. The van der Waals surface area contributed by atoms with Crippen molar-refractivity contribution in [2.45, 2.75) is 31.6 Å². The van der Waals surface area contributed by atoms with E-state index in [1.54, 1.807) is 6.92 Å². The van der Waals surface area contributed by atoms with E-state index in [1.165, 1.54) is 0 Å². The molecule has 1 fully saturated rings. The van der Waals surface area contributed by atoms with Crippen LogP contribution in [0.15, 0.2) is 42.5 Å². The summed E-state index contributed by atoms with van der Waals surface area (Å²) in [5.41, 5.74) is 2.11. The highest BCUT2D eigenvalue weighted by Gasteiger charge is 2.52. The Morgan fingerprint density at radius 1 is 1.14 bits per heavy atom. The molecule has 2 aliphatic heterocycles. The summed E-state index contributed by atoms with van der Waals surface area (Å²) >= 11 is 12.4. The molecule has 0 saturated carbocycles. The van der Waals surface area contributed by atoms with Gasteiger partial charge in [-0.1, -0.05) is 41.4 Å². The molecule has 0 spiro atoms. The van der Waals surface area contributed by atoms with Gasteiger partial charge in [-0.05, 0) is 60.6 Å². The minimum atomic E-state index is -0.687. The Morgan fingerprint density at radius 3 is 2.54 bits per heavy atom. The van der Waals surface area contributed by atoms with Crippen LogP contribution in [-0.2, 0) is 21.4 Å². The molecule has 2 aromatic carbocycles. The summed E-state index contributed by atoms with van der Waals surface area (Å²) in [6, 6.07) is 13.3. The lowest BCUT2D eigenvalue weighted by Crippen LogP contribution is -2.49. The van der Waals surface area contributed by atoms with Crippen LogP contribution in [0.4, 0.5) is 5.69 Å². The van der Waals surface area contributed by atoms with Gasteiger partial charge in [0, 0.05) is 35.7 Å². The first-order chi connectivity index (χ1) is 13.4. The quantitative estimate of drug-likeness (QED) is 0.788. The fourth-order valence-corrected chi connectivity index (χ4v) is 5.13. The van der Waals surface area contributed by atoms with Crippen LogP contribution in [0.2, 0.25) is 10.0 Å². The number of anilines is 1. The van der Waals surface area contributed by atoms with Crippen LogP contribution in [0.3, 0.4) is 0 Å². The molecule has 0 radical (unpaired) electrons. The third kappa shape index (κ3) is 3.29. The highest BCUT2D eigenvalue weighted by Crippen LogP contribution is 2.49. The number of nitrogens with zero attached hydrogens (tertiary/aromatic N) is 1. The molecule has 146 valence electrons. The third-order valence-corrected chi connectivity index (χ3v) is 6.60. The third-order valence-electron chi connectivity index (χ3n) is 6.12. The van der Waals surface area contributed by atoms with Gasteiger partial charge in [0.1, 0.15) is 0 Å². The Balaban J connectivity index is 1.77. The number of halogens is 2. The van der Waals surface area contributed by atoms with Gasteiger partial charge in [0.05, 0.1) is 5.41 Å². The second kappa shape index (κ2) is 7.41. The number of amides is 2. The Bertz CT molecular complexity index is 938. The van der Waals surface area contributed by atoms with Gasteiger partial charge in [0.25, 0.3) is 0 Å². The first-order valence-electron chi connectivity index (χ1n) is 9.51. The molecule has 1 N–H and O–H groups in total. The van der Waals surface area contributed by atoms with Crippen molar-refractivity contribution in [2.24, 2.45) is 5.92 Å². The molecule has 2 amide bonds. The maximum Gasteiger partial charge on any atom is 0.235 e. The van der Waals surface area contributed by atoms with Gasteiger partial charge in [0.2, 0.25) is 11.8 Å². The van der Waals surface area contributed by atoms with E-state index in [-0.39, 0.29) is 17.7 Å². The molecule has 4 nitrogen and oxygen atoms in total. The average Bonchev–Trinajstić information content (AvgIpc) is 2.93. The summed E-state index contributed by atoms with van der Waals surface area (Å²) in [7, 11) is 0. The van der Waals surface area contributed by atoms with E-state index in [0.717, 1.165) is 29.7 Å². The van der Waals surface area contributed by atoms with Gasteiger partial charge in [0.15, 0.2) is 0 Å². The van der Waals surface area contributed by atoms with E-state index >= 15 is 0 Å². The zero-order chi connectivity index (χ0) is 19.9. The van der Waals surface area contributed by atoms with Crippen LogP contribution in [0.5, 0.6) is 0 Å². The van der Waals surface area contributed by atoms with Crippen LogP contribution in [-0.4, -0.2) is 29.8 Å². The standard InChI is InChI=1S/C22H22Cl2N2O2/c1-14(27)26-9-7-16(8-10-26)22(13-15-3-2-4-17(23)11-15)19-6-5-18(24)12-20(19)25-21(22)28/h2-6,11-12,16H,7-10,13H2,1H3,(H,25,28). The maximum absolute atomic E-state index is 13.4. The molecule has 1 atom stereocenters. The van der Waals surface area contributed by atoms with Crippen molar-refractivity contribution in [3.8, 4) is 0 Å². The van der Waals surface area contributed by atoms with E-state index in [1.807, 2.05) is 47.4 Å². The molecule has 0 aliphatic carbocycles. The summed E-state index contributed by atoms with van der Waals surface area (Å²) in [6.07, 6.45) is 2.14. The first-order valence-corrected chi connectivity index (χ1v) is 10.3. The van der Waals surface area contributed by atoms with Crippen molar-refractivity contribution in [1.29, 1.82) is 0 Å². The van der Waals surface area contributed by atoms with Gasteiger partial charge >= 0.3 is 0 Å². The molecule has 0 aromatic heterocycles. The highest BCUT2D eigenvalue weighted by molar-refractivity contribution is 6.31. The summed E-state index contributed by atoms with van der Waals surface area (Å²) in [6.45, 7) is 2.95. The van der Waals surface area contributed by atoms with Crippen molar-refractivity contribution >= 4 is 40.7 Å². The summed E-state index contributed by atoms with van der Waals surface area (Å²) in [5.74, 6) is 0.223. The molecule has 2 heterocycles. The number of rotatable bonds is 3. The topological polar surface area (TPSA) is 49.4 Å². The molecule has 4 rings (SSSR count). The Labute approximate surface area is 174 Å². The highest BCUT2D eigenvalue weighted by atomic mass is 35.5. The van der Waals surface area contributed by atoms with E-state index in [9.17, 15) is 9.59 Å². The number of benzene rings is 2. The van der Waals surface area contributed by atoms with E-state index in [4.69, 9.17) is 23.2 Å². The number of hydrogen-bond donors (Lipinski definition) is 1. The van der Waals surface area contributed by atoms with Crippen LogP contribution < -0.4 is 5.32 Å². The van der Waals surface area contributed by atoms with Crippen molar-refractivity contribution in [3.05, 3.63) is 63.6 Å². The predicted molar refractivity (Wildman–Crippen MR) is 112 cm³/mol. The normalized spacial score (nSPS) is 22.1. The minimum Gasteiger partial charge on any atom is -0.343 e. The largest absolute Gasteiger partial charge is 0.343 e. The lowest BCUT2D eigenvalue weighted by Gasteiger charge is -2.41. The van der Waals surface area contributed by atoms with Crippen LogP contribution in [0.1, 0.15) is 30.9 Å². The fraction of sp³-hybridized carbons (Fsp3) is 0.364. The number of piperidine rings is 1. The Hall–Kier alpha value is -2.04. The van der Waals surface area contributed by atoms with E-state index in [2.05, 4.69) is 5.32 Å². The molecule has 6 heteroatoms. The van der Waals surface area contributed by atoms with Crippen molar-refractivity contribution < 1.29 is 9.59 Å². The smallest absolute Gasteiger partial charge is 0.235 e. The van der Waals surface area contributed by atoms with Crippen molar-refractivity contribution in [2.75, 3.05) is 18.4 Å². The second-order valence-electron chi connectivity index (χ2n) is 7.70. The summed E-state index contributed by atoms with van der Waals surface area (Å²) in [5, 5.41) is 4.32. The molecular weight excluding hydrogens is 395 g/mol. The first kappa shape index (κ1) is 19.3. The van der Waals surface area contributed by atoms with Crippen molar-refractivity contribution in [3.63, 3.8) is 0 Å². The predicted octanol–water partition coefficient (Wildman–Crippen LogP) is 4.68. The Kier molecular flexibility index (Phi) is 5.11.